The first-order valence-corrected chi connectivity index (χ1v) is 10.2. The number of pyridine rings is 1. The molecule has 29 heavy (non-hydrogen) atoms. The highest BCUT2D eigenvalue weighted by Crippen LogP contribution is 2.33. The molecule has 0 spiro atoms. The normalized spacial score (nSPS) is 16.2. The molecule has 6 nitrogen and oxygen atoms in total. The lowest BCUT2D eigenvalue weighted by Crippen LogP contribution is -2.33. The van der Waals surface area contributed by atoms with E-state index in [1.54, 1.807) is 7.11 Å². The zero-order valence-electron chi connectivity index (χ0n) is 17.2. The number of fused-ring (bicyclic) bond motifs is 1. The van der Waals surface area contributed by atoms with Gasteiger partial charge in [-0.3, -0.25) is 9.59 Å². The molecule has 2 amide bonds. The van der Waals surface area contributed by atoms with E-state index in [-0.39, 0.29) is 18.4 Å². The van der Waals surface area contributed by atoms with Gasteiger partial charge in [0.25, 0.3) is 11.8 Å². The van der Waals surface area contributed by atoms with Crippen LogP contribution in [-0.2, 0) is 13.1 Å². The second-order valence-corrected chi connectivity index (χ2v) is 7.97. The quantitative estimate of drug-likeness (QED) is 0.843. The first kappa shape index (κ1) is 19.4. The Morgan fingerprint density at radius 2 is 1.93 bits per heavy atom. The molecular formula is C23H27N3O3. The molecule has 0 bridgehead atoms. The van der Waals surface area contributed by atoms with E-state index in [0.717, 1.165) is 29.7 Å². The summed E-state index contributed by atoms with van der Waals surface area (Å²) >= 11 is 0. The Labute approximate surface area is 171 Å². The molecule has 0 unspecified atom stereocenters. The van der Waals surface area contributed by atoms with Crippen LogP contribution in [-0.4, -0.2) is 34.8 Å². The van der Waals surface area contributed by atoms with Gasteiger partial charge in [0, 0.05) is 23.7 Å². The number of aromatic nitrogens is 1. The van der Waals surface area contributed by atoms with Crippen LogP contribution in [0.2, 0.25) is 0 Å². The number of benzene rings is 1. The summed E-state index contributed by atoms with van der Waals surface area (Å²) in [5.41, 5.74) is 4.67. The Morgan fingerprint density at radius 1 is 1.24 bits per heavy atom. The molecule has 1 aromatic carbocycles. The van der Waals surface area contributed by atoms with Crippen LogP contribution in [0.15, 0.2) is 24.3 Å². The van der Waals surface area contributed by atoms with Crippen molar-refractivity contribution in [2.75, 3.05) is 7.11 Å². The maximum atomic E-state index is 12.9. The number of rotatable bonds is 5. The van der Waals surface area contributed by atoms with Crippen molar-refractivity contribution in [3.8, 4) is 5.88 Å². The minimum Gasteiger partial charge on any atom is -0.481 e. The van der Waals surface area contributed by atoms with Crippen molar-refractivity contribution in [1.29, 1.82) is 0 Å². The van der Waals surface area contributed by atoms with Crippen LogP contribution >= 0.6 is 0 Å². The minimum absolute atomic E-state index is 0.0457. The van der Waals surface area contributed by atoms with E-state index in [2.05, 4.69) is 10.3 Å². The van der Waals surface area contributed by atoms with Crippen molar-refractivity contribution >= 4 is 11.8 Å². The molecule has 1 aromatic heterocycles. The first-order chi connectivity index (χ1) is 14.0. The molecule has 0 radical (unpaired) electrons. The highest BCUT2D eigenvalue weighted by atomic mass is 16.5. The van der Waals surface area contributed by atoms with Crippen LogP contribution in [0, 0.1) is 13.8 Å². The van der Waals surface area contributed by atoms with Gasteiger partial charge in [-0.1, -0.05) is 31.0 Å². The predicted molar refractivity (Wildman–Crippen MR) is 110 cm³/mol. The van der Waals surface area contributed by atoms with Crippen LogP contribution in [0.3, 0.4) is 0 Å². The largest absolute Gasteiger partial charge is 0.481 e. The van der Waals surface area contributed by atoms with Crippen LogP contribution in [0.25, 0.3) is 0 Å². The number of amides is 2. The number of carbonyl (C=O) groups excluding carboxylic acids is 2. The number of nitrogens with one attached hydrogen (secondary N) is 1. The highest BCUT2D eigenvalue weighted by molar-refractivity contribution is 5.99. The van der Waals surface area contributed by atoms with Gasteiger partial charge in [-0.05, 0) is 43.9 Å². The Morgan fingerprint density at radius 3 is 2.59 bits per heavy atom. The minimum atomic E-state index is -0.137. The maximum absolute atomic E-state index is 12.9. The summed E-state index contributed by atoms with van der Waals surface area (Å²) in [5.74, 6) is 0.373. The summed E-state index contributed by atoms with van der Waals surface area (Å²) in [7, 11) is 1.57. The Kier molecular flexibility index (Phi) is 5.26. The van der Waals surface area contributed by atoms with E-state index in [1.165, 1.54) is 12.8 Å². The third kappa shape index (κ3) is 3.59. The molecule has 1 fully saturated rings. The average molecular weight is 393 g/mol. The third-order valence-electron chi connectivity index (χ3n) is 6.06. The molecule has 1 aliphatic heterocycles. The van der Waals surface area contributed by atoms with E-state index < -0.39 is 0 Å². The van der Waals surface area contributed by atoms with Gasteiger partial charge in [-0.15, -0.1) is 0 Å². The lowest BCUT2D eigenvalue weighted by Gasteiger charge is -2.22. The van der Waals surface area contributed by atoms with Gasteiger partial charge in [-0.2, -0.15) is 0 Å². The zero-order chi connectivity index (χ0) is 20.5. The molecule has 0 saturated heterocycles. The van der Waals surface area contributed by atoms with Gasteiger partial charge in [-0.25, -0.2) is 4.98 Å². The van der Waals surface area contributed by atoms with Crippen molar-refractivity contribution < 1.29 is 14.3 Å². The predicted octanol–water partition coefficient (Wildman–Crippen LogP) is 3.54. The fourth-order valence-corrected chi connectivity index (χ4v) is 4.52. The molecule has 152 valence electrons. The van der Waals surface area contributed by atoms with E-state index in [9.17, 15) is 9.59 Å². The lowest BCUT2D eigenvalue weighted by atomic mass is 10.0. The van der Waals surface area contributed by atoms with E-state index in [4.69, 9.17) is 4.74 Å². The summed E-state index contributed by atoms with van der Waals surface area (Å²) in [6, 6.07) is 7.95. The highest BCUT2D eigenvalue weighted by Gasteiger charge is 2.36. The van der Waals surface area contributed by atoms with Gasteiger partial charge in [0.1, 0.15) is 0 Å². The summed E-state index contributed by atoms with van der Waals surface area (Å²) in [5, 5.41) is 2.96. The van der Waals surface area contributed by atoms with Crippen molar-refractivity contribution in [3.05, 3.63) is 57.8 Å². The molecule has 2 heterocycles. The fourth-order valence-electron chi connectivity index (χ4n) is 4.52. The molecule has 0 atom stereocenters. The van der Waals surface area contributed by atoms with Crippen molar-refractivity contribution in [2.45, 2.75) is 58.7 Å². The van der Waals surface area contributed by atoms with Crippen molar-refractivity contribution in [2.24, 2.45) is 0 Å². The smallest absolute Gasteiger partial charge is 0.256 e. The fraction of sp³-hybridized carbons (Fsp3) is 0.435. The van der Waals surface area contributed by atoms with Gasteiger partial charge < -0.3 is 15.0 Å². The van der Waals surface area contributed by atoms with Gasteiger partial charge >= 0.3 is 0 Å². The molecule has 4 rings (SSSR count). The third-order valence-corrected chi connectivity index (χ3v) is 6.06. The van der Waals surface area contributed by atoms with Crippen LogP contribution < -0.4 is 10.1 Å². The monoisotopic (exact) mass is 393 g/mol. The topological polar surface area (TPSA) is 71.5 Å². The molecular weight excluding hydrogens is 366 g/mol. The number of aryl methyl sites for hydroxylation is 2. The second kappa shape index (κ2) is 7.85. The van der Waals surface area contributed by atoms with Crippen molar-refractivity contribution in [1.82, 2.24) is 15.2 Å². The summed E-state index contributed by atoms with van der Waals surface area (Å²) in [4.78, 5) is 32.2. The number of hydrogen-bond acceptors (Lipinski definition) is 4. The molecule has 1 N–H and O–H groups in total. The lowest BCUT2D eigenvalue weighted by molar-refractivity contribution is 0.0706. The second-order valence-electron chi connectivity index (χ2n) is 7.97. The molecule has 2 aliphatic rings. The Balaban J connectivity index is 1.55. The standard InChI is InChI=1S/C23H27N3O3/c1-14-7-6-8-15(2)20(14)21(27)24-12-16-11-18-19(25-22(16)29-3)13-26(23(18)28)17-9-4-5-10-17/h6-8,11,17H,4-5,9-10,12-13H2,1-3H3,(H,24,27). The molecule has 2 aromatic rings. The molecule has 1 saturated carbocycles. The van der Waals surface area contributed by atoms with E-state index >= 15 is 0 Å². The Hall–Kier alpha value is -2.89. The SMILES string of the molecule is COc1nc2c(cc1CNC(=O)c1c(C)cccc1C)C(=O)N(C1CCCC1)C2. The Bertz CT molecular complexity index is 944. The van der Waals surface area contributed by atoms with Crippen molar-refractivity contribution in [3.63, 3.8) is 0 Å². The maximum Gasteiger partial charge on any atom is 0.256 e. The van der Waals surface area contributed by atoms with E-state index in [0.29, 0.717) is 35.2 Å². The number of ether oxygens (including phenoxy) is 1. The zero-order valence-corrected chi connectivity index (χ0v) is 17.2. The summed E-state index contributed by atoms with van der Waals surface area (Å²) in [6.45, 7) is 4.66. The molecule has 1 aliphatic carbocycles. The van der Waals surface area contributed by atoms with Crippen LogP contribution in [0.5, 0.6) is 5.88 Å². The number of methoxy groups -OCH3 is 1. The first-order valence-electron chi connectivity index (χ1n) is 10.2. The van der Waals surface area contributed by atoms with Gasteiger partial charge in [0.05, 0.1) is 24.9 Å². The van der Waals surface area contributed by atoms with Gasteiger partial charge in [0.15, 0.2) is 0 Å². The number of carbonyl (C=O) groups is 2. The summed E-state index contributed by atoms with van der Waals surface area (Å²) < 4.78 is 5.46. The number of nitrogens with zero attached hydrogens (tertiary/aromatic N) is 2. The number of hydrogen-bond donors (Lipinski definition) is 1. The van der Waals surface area contributed by atoms with E-state index in [1.807, 2.05) is 43.0 Å². The average Bonchev–Trinajstić information content (AvgIpc) is 3.33. The van der Waals surface area contributed by atoms with Gasteiger partial charge in [0.2, 0.25) is 5.88 Å². The molecule has 6 heteroatoms. The van der Waals surface area contributed by atoms with Crippen LogP contribution in [0.4, 0.5) is 0 Å². The summed E-state index contributed by atoms with van der Waals surface area (Å²) in [6.07, 6.45) is 4.49. The van der Waals surface area contributed by atoms with Crippen LogP contribution in [0.1, 0.15) is 68.8 Å².